The van der Waals surface area contributed by atoms with Crippen molar-refractivity contribution >= 4 is 21.7 Å². The van der Waals surface area contributed by atoms with Crippen LogP contribution in [0, 0.1) is 6.92 Å². The molecule has 0 saturated heterocycles. The number of rotatable bonds is 3. The van der Waals surface area contributed by atoms with Crippen LogP contribution in [0.4, 0.5) is 5.82 Å². The predicted molar refractivity (Wildman–Crippen MR) is 71.9 cm³/mol. The van der Waals surface area contributed by atoms with E-state index < -0.39 is 0 Å². The third-order valence-electron chi connectivity index (χ3n) is 2.45. The predicted octanol–water partition coefficient (Wildman–Crippen LogP) is 3.31. The number of hydrogen-bond donors (Lipinski definition) is 1. The molecule has 0 atom stereocenters. The second kappa shape index (κ2) is 5.19. The molecule has 0 unspecified atom stereocenters. The lowest BCUT2D eigenvalue weighted by atomic mass is 10.2. The topological polar surface area (TPSA) is 48.1 Å². The standard InChI is InChI=1S/C13H13BrN2O/c1-9-7-11(14)4-5-12(9)17-8-10-3-2-6-16-13(10)15/h2-7H,8H2,1H3,(H2,15,16). The molecule has 1 aromatic heterocycles. The molecular formula is C13H13BrN2O. The van der Waals surface area contributed by atoms with Gasteiger partial charge >= 0.3 is 0 Å². The summed E-state index contributed by atoms with van der Waals surface area (Å²) in [4.78, 5) is 4.02. The van der Waals surface area contributed by atoms with Gasteiger partial charge in [-0.1, -0.05) is 22.0 Å². The second-order valence-electron chi connectivity index (χ2n) is 3.75. The summed E-state index contributed by atoms with van der Waals surface area (Å²) in [6.45, 7) is 2.44. The van der Waals surface area contributed by atoms with Gasteiger partial charge in [-0.2, -0.15) is 0 Å². The van der Waals surface area contributed by atoms with E-state index in [4.69, 9.17) is 10.5 Å². The van der Waals surface area contributed by atoms with Crippen molar-refractivity contribution in [2.75, 3.05) is 5.73 Å². The molecule has 1 heterocycles. The number of benzene rings is 1. The maximum atomic E-state index is 5.75. The van der Waals surface area contributed by atoms with Gasteiger partial charge in [0.15, 0.2) is 0 Å². The summed E-state index contributed by atoms with van der Waals surface area (Å²) in [6, 6.07) is 9.67. The molecule has 0 spiro atoms. The highest BCUT2D eigenvalue weighted by Gasteiger charge is 2.03. The lowest BCUT2D eigenvalue weighted by Gasteiger charge is -2.10. The lowest BCUT2D eigenvalue weighted by Crippen LogP contribution is -2.02. The van der Waals surface area contributed by atoms with Crippen LogP contribution in [0.1, 0.15) is 11.1 Å². The number of halogens is 1. The number of nitrogens with zero attached hydrogens (tertiary/aromatic N) is 1. The maximum absolute atomic E-state index is 5.75. The van der Waals surface area contributed by atoms with Gasteiger partial charge in [0.05, 0.1) is 0 Å². The van der Waals surface area contributed by atoms with Gasteiger partial charge in [0, 0.05) is 16.2 Å². The summed E-state index contributed by atoms with van der Waals surface area (Å²) >= 11 is 3.42. The van der Waals surface area contributed by atoms with E-state index in [9.17, 15) is 0 Å². The summed E-state index contributed by atoms with van der Waals surface area (Å²) in [5, 5.41) is 0. The Morgan fingerprint density at radius 2 is 2.18 bits per heavy atom. The monoisotopic (exact) mass is 292 g/mol. The number of anilines is 1. The van der Waals surface area contributed by atoms with Crippen LogP contribution in [0.3, 0.4) is 0 Å². The highest BCUT2D eigenvalue weighted by atomic mass is 79.9. The zero-order chi connectivity index (χ0) is 12.3. The Bertz CT molecular complexity index is 529. The summed E-state index contributed by atoms with van der Waals surface area (Å²) in [5.74, 6) is 1.37. The molecule has 0 aliphatic rings. The molecule has 0 bridgehead atoms. The molecule has 17 heavy (non-hydrogen) atoms. The van der Waals surface area contributed by atoms with Crippen LogP contribution in [-0.2, 0) is 6.61 Å². The zero-order valence-electron chi connectivity index (χ0n) is 9.48. The van der Waals surface area contributed by atoms with Gasteiger partial charge in [-0.25, -0.2) is 4.98 Å². The van der Waals surface area contributed by atoms with E-state index in [-0.39, 0.29) is 0 Å². The normalized spacial score (nSPS) is 10.2. The van der Waals surface area contributed by atoms with Crippen molar-refractivity contribution in [1.82, 2.24) is 4.98 Å². The largest absolute Gasteiger partial charge is 0.488 e. The SMILES string of the molecule is Cc1cc(Br)ccc1OCc1cccnc1N. The van der Waals surface area contributed by atoms with Gasteiger partial charge in [0.25, 0.3) is 0 Å². The van der Waals surface area contributed by atoms with Crippen molar-refractivity contribution in [3.05, 3.63) is 52.1 Å². The molecule has 0 radical (unpaired) electrons. The number of aromatic nitrogens is 1. The average molecular weight is 293 g/mol. The lowest BCUT2D eigenvalue weighted by molar-refractivity contribution is 0.304. The molecule has 2 N–H and O–H groups in total. The van der Waals surface area contributed by atoms with Gasteiger partial charge in [-0.15, -0.1) is 0 Å². The van der Waals surface area contributed by atoms with Crippen LogP contribution in [0.5, 0.6) is 5.75 Å². The molecule has 0 saturated carbocycles. The van der Waals surface area contributed by atoms with E-state index in [0.717, 1.165) is 21.3 Å². The van der Waals surface area contributed by atoms with Gasteiger partial charge in [0.2, 0.25) is 0 Å². The first kappa shape index (κ1) is 11.9. The van der Waals surface area contributed by atoms with Crippen molar-refractivity contribution in [2.45, 2.75) is 13.5 Å². The Morgan fingerprint density at radius 1 is 1.35 bits per heavy atom. The maximum Gasteiger partial charge on any atom is 0.129 e. The highest BCUT2D eigenvalue weighted by molar-refractivity contribution is 9.10. The Morgan fingerprint density at radius 3 is 2.88 bits per heavy atom. The zero-order valence-corrected chi connectivity index (χ0v) is 11.1. The molecule has 2 rings (SSSR count). The minimum atomic E-state index is 0.433. The third kappa shape index (κ3) is 2.97. The molecule has 2 aromatic rings. The molecule has 4 heteroatoms. The number of aryl methyl sites for hydroxylation is 1. The second-order valence-corrected chi connectivity index (χ2v) is 4.66. The van der Waals surface area contributed by atoms with Crippen LogP contribution in [0.2, 0.25) is 0 Å². The van der Waals surface area contributed by atoms with Gasteiger partial charge in [0.1, 0.15) is 18.2 Å². The Kier molecular flexibility index (Phi) is 3.64. The molecule has 0 aliphatic heterocycles. The number of nitrogens with two attached hydrogens (primary N) is 1. The number of pyridine rings is 1. The first-order valence-electron chi connectivity index (χ1n) is 5.25. The van der Waals surface area contributed by atoms with E-state index in [1.54, 1.807) is 6.20 Å². The van der Waals surface area contributed by atoms with Gasteiger partial charge in [-0.05, 0) is 36.8 Å². The fraction of sp³-hybridized carbons (Fsp3) is 0.154. The third-order valence-corrected chi connectivity index (χ3v) is 2.94. The van der Waals surface area contributed by atoms with Crippen LogP contribution in [0.15, 0.2) is 41.0 Å². The van der Waals surface area contributed by atoms with Crippen molar-refractivity contribution in [1.29, 1.82) is 0 Å². The molecule has 0 aliphatic carbocycles. The number of ether oxygens (including phenoxy) is 1. The Hall–Kier alpha value is -1.55. The van der Waals surface area contributed by atoms with E-state index >= 15 is 0 Å². The summed E-state index contributed by atoms with van der Waals surface area (Å²) in [6.07, 6.45) is 1.67. The fourth-order valence-electron chi connectivity index (χ4n) is 1.50. The van der Waals surface area contributed by atoms with Crippen molar-refractivity contribution in [3.8, 4) is 5.75 Å². The van der Waals surface area contributed by atoms with Crippen LogP contribution < -0.4 is 10.5 Å². The van der Waals surface area contributed by atoms with Crippen molar-refractivity contribution in [2.24, 2.45) is 0 Å². The molecule has 1 aromatic carbocycles. The van der Waals surface area contributed by atoms with E-state index in [0.29, 0.717) is 12.4 Å². The van der Waals surface area contributed by atoms with Gasteiger partial charge < -0.3 is 10.5 Å². The summed E-state index contributed by atoms with van der Waals surface area (Å²) < 4.78 is 6.76. The van der Waals surface area contributed by atoms with E-state index in [1.807, 2.05) is 37.3 Å². The van der Waals surface area contributed by atoms with Gasteiger partial charge in [-0.3, -0.25) is 0 Å². The minimum absolute atomic E-state index is 0.433. The molecule has 88 valence electrons. The first-order valence-corrected chi connectivity index (χ1v) is 6.04. The smallest absolute Gasteiger partial charge is 0.129 e. The summed E-state index contributed by atoms with van der Waals surface area (Å²) in [5.41, 5.74) is 7.73. The fourth-order valence-corrected chi connectivity index (χ4v) is 1.98. The van der Waals surface area contributed by atoms with E-state index in [1.165, 1.54) is 0 Å². The van der Waals surface area contributed by atoms with Crippen LogP contribution >= 0.6 is 15.9 Å². The quantitative estimate of drug-likeness (QED) is 0.944. The van der Waals surface area contributed by atoms with Crippen molar-refractivity contribution in [3.63, 3.8) is 0 Å². The molecule has 3 nitrogen and oxygen atoms in total. The average Bonchev–Trinajstić information content (AvgIpc) is 2.30. The first-order chi connectivity index (χ1) is 8.16. The summed E-state index contributed by atoms with van der Waals surface area (Å²) in [7, 11) is 0. The molecule has 0 fully saturated rings. The van der Waals surface area contributed by atoms with Crippen molar-refractivity contribution < 1.29 is 4.74 Å². The Labute approximate surface area is 109 Å². The molecular weight excluding hydrogens is 280 g/mol. The Balaban J connectivity index is 2.10. The van der Waals surface area contributed by atoms with Crippen LogP contribution in [-0.4, -0.2) is 4.98 Å². The minimum Gasteiger partial charge on any atom is -0.488 e. The number of nitrogen functional groups attached to an aromatic ring is 1. The van der Waals surface area contributed by atoms with E-state index in [2.05, 4.69) is 20.9 Å². The highest BCUT2D eigenvalue weighted by Crippen LogP contribution is 2.23. The molecule has 0 amide bonds. The number of hydrogen-bond acceptors (Lipinski definition) is 3. The van der Waals surface area contributed by atoms with Crippen LogP contribution in [0.25, 0.3) is 0 Å².